The number of anilines is 1. The number of ether oxygens (including phenoxy) is 1. The fourth-order valence-electron chi connectivity index (χ4n) is 2.22. The Morgan fingerprint density at radius 3 is 2.75 bits per heavy atom. The van der Waals surface area contributed by atoms with E-state index in [9.17, 15) is 4.79 Å². The molecule has 3 rings (SSSR count). The molecule has 0 spiro atoms. The van der Waals surface area contributed by atoms with Crippen molar-refractivity contribution in [1.29, 1.82) is 0 Å². The van der Waals surface area contributed by atoms with E-state index in [1.165, 1.54) is 13.3 Å². The Balaban J connectivity index is 1.82. The Morgan fingerprint density at radius 1 is 1.17 bits per heavy atom. The van der Waals surface area contributed by atoms with Crippen LogP contribution in [0.4, 0.5) is 5.69 Å². The van der Waals surface area contributed by atoms with Gasteiger partial charge in [-0.25, -0.2) is 15.4 Å². The van der Waals surface area contributed by atoms with E-state index < -0.39 is 0 Å². The number of amides is 1. The number of benzene rings is 2. The zero-order chi connectivity index (χ0) is 16.9. The molecule has 1 aromatic heterocycles. The molecule has 122 valence electrons. The first-order valence-corrected chi connectivity index (χ1v) is 7.28. The Morgan fingerprint density at radius 2 is 1.96 bits per heavy atom. The highest BCUT2D eigenvalue weighted by Crippen LogP contribution is 2.32. The summed E-state index contributed by atoms with van der Waals surface area (Å²) in [6.45, 7) is 1.47. The molecule has 24 heavy (non-hydrogen) atoms. The molecule has 7 nitrogen and oxygen atoms in total. The Labute approximate surface area is 138 Å². The van der Waals surface area contributed by atoms with Crippen LogP contribution >= 0.6 is 0 Å². The third-order valence-corrected chi connectivity index (χ3v) is 3.27. The van der Waals surface area contributed by atoms with Crippen molar-refractivity contribution < 1.29 is 14.4 Å². The van der Waals surface area contributed by atoms with Crippen LogP contribution in [0.5, 0.6) is 11.6 Å². The number of nitrogens with zero attached hydrogens (tertiary/aromatic N) is 2. The number of hydroxylamine groups is 1. The second-order valence-corrected chi connectivity index (χ2v) is 5.10. The quantitative estimate of drug-likeness (QED) is 0.553. The number of hydrogen-bond donors (Lipinski definition) is 2. The van der Waals surface area contributed by atoms with Crippen molar-refractivity contribution in [3.05, 3.63) is 54.5 Å². The average molecular weight is 324 g/mol. The van der Waals surface area contributed by atoms with Crippen LogP contribution in [-0.4, -0.2) is 15.9 Å². The van der Waals surface area contributed by atoms with Gasteiger partial charge in [0.05, 0.1) is 5.69 Å². The van der Waals surface area contributed by atoms with E-state index in [4.69, 9.17) is 15.3 Å². The summed E-state index contributed by atoms with van der Waals surface area (Å²) in [5, 5.41) is 1.81. The topological polar surface area (TPSA) is 99.4 Å². The summed E-state index contributed by atoms with van der Waals surface area (Å²) in [4.78, 5) is 24.0. The molecule has 0 atom stereocenters. The molecule has 0 bridgehead atoms. The van der Waals surface area contributed by atoms with Crippen LogP contribution in [0.2, 0.25) is 0 Å². The number of nitrogens with two attached hydrogens (primary N) is 1. The van der Waals surface area contributed by atoms with E-state index >= 15 is 0 Å². The van der Waals surface area contributed by atoms with Crippen LogP contribution in [0.1, 0.15) is 12.6 Å². The first kappa shape index (κ1) is 15.7. The molecule has 3 N–H and O–H groups in total. The monoisotopic (exact) mass is 324 g/mol. The highest BCUT2D eigenvalue weighted by atomic mass is 16.6. The minimum absolute atomic E-state index is 0.112. The third-order valence-electron chi connectivity index (χ3n) is 3.27. The molecule has 3 aromatic rings. The van der Waals surface area contributed by atoms with Crippen molar-refractivity contribution in [2.24, 2.45) is 0 Å². The normalized spacial score (nSPS) is 10.5. The lowest BCUT2D eigenvalue weighted by atomic mass is 10.1. The minimum atomic E-state index is -0.283. The number of nitrogens with one attached hydrogen (secondary N) is 1. The Kier molecular flexibility index (Phi) is 4.53. The number of fused-ring (bicyclic) bond motifs is 1. The number of carbonyl (C=O) groups excluding carboxylic acids is 1. The maximum Gasteiger partial charge on any atom is 0.240 e. The average Bonchev–Trinajstić information content (AvgIpc) is 2.58. The summed E-state index contributed by atoms with van der Waals surface area (Å²) in [7, 11) is 0. The van der Waals surface area contributed by atoms with E-state index in [2.05, 4.69) is 15.4 Å². The molecule has 0 aliphatic heterocycles. The first-order valence-electron chi connectivity index (χ1n) is 7.28. The summed E-state index contributed by atoms with van der Waals surface area (Å²) < 4.78 is 5.87. The molecule has 0 saturated heterocycles. The summed E-state index contributed by atoms with van der Waals surface area (Å²) >= 11 is 0. The van der Waals surface area contributed by atoms with Gasteiger partial charge < -0.3 is 10.5 Å². The fourth-order valence-corrected chi connectivity index (χ4v) is 2.22. The van der Waals surface area contributed by atoms with E-state index in [1.54, 1.807) is 18.2 Å². The molecule has 0 radical (unpaired) electrons. The summed E-state index contributed by atoms with van der Waals surface area (Å²) in [6, 6.07) is 12.9. The lowest BCUT2D eigenvalue weighted by Gasteiger charge is -2.10. The van der Waals surface area contributed by atoms with Crippen LogP contribution in [0.25, 0.3) is 10.8 Å². The summed E-state index contributed by atoms with van der Waals surface area (Å²) in [5.41, 5.74) is 9.49. The van der Waals surface area contributed by atoms with Crippen molar-refractivity contribution in [2.45, 2.75) is 13.5 Å². The molecule has 7 heteroatoms. The smallest absolute Gasteiger partial charge is 0.240 e. The highest BCUT2D eigenvalue weighted by Gasteiger charge is 2.08. The highest BCUT2D eigenvalue weighted by molar-refractivity contribution is 5.97. The molecule has 0 fully saturated rings. The maximum absolute atomic E-state index is 10.8. The fraction of sp³-hybridized carbons (Fsp3) is 0.118. The van der Waals surface area contributed by atoms with Crippen molar-refractivity contribution in [2.75, 3.05) is 5.73 Å². The van der Waals surface area contributed by atoms with Crippen LogP contribution in [0.15, 0.2) is 48.8 Å². The van der Waals surface area contributed by atoms with Gasteiger partial charge in [-0.3, -0.25) is 9.63 Å². The van der Waals surface area contributed by atoms with Gasteiger partial charge in [0.1, 0.15) is 18.7 Å². The van der Waals surface area contributed by atoms with Gasteiger partial charge >= 0.3 is 0 Å². The molecular formula is C17H16N4O3. The van der Waals surface area contributed by atoms with Gasteiger partial charge in [-0.2, -0.15) is 0 Å². The van der Waals surface area contributed by atoms with Gasteiger partial charge in [0.15, 0.2) is 0 Å². The van der Waals surface area contributed by atoms with Gasteiger partial charge in [0.2, 0.25) is 11.8 Å². The largest absolute Gasteiger partial charge is 0.438 e. The van der Waals surface area contributed by atoms with Gasteiger partial charge in [-0.1, -0.05) is 24.3 Å². The molecule has 0 aliphatic rings. The molecule has 1 amide bonds. The second kappa shape index (κ2) is 6.93. The van der Waals surface area contributed by atoms with Crippen LogP contribution in [0.3, 0.4) is 0 Å². The summed E-state index contributed by atoms with van der Waals surface area (Å²) in [6.07, 6.45) is 1.38. The molecule has 0 unspecified atom stereocenters. The van der Waals surface area contributed by atoms with E-state index in [0.717, 1.165) is 10.8 Å². The zero-order valence-electron chi connectivity index (χ0n) is 13.0. The lowest BCUT2D eigenvalue weighted by Crippen LogP contribution is -2.20. The van der Waals surface area contributed by atoms with Crippen molar-refractivity contribution in [3.8, 4) is 11.6 Å². The predicted octanol–water partition coefficient (Wildman–Crippen LogP) is 2.57. The number of carbonyl (C=O) groups is 1. The molecular weight excluding hydrogens is 308 g/mol. The van der Waals surface area contributed by atoms with Crippen molar-refractivity contribution in [3.63, 3.8) is 0 Å². The van der Waals surface area contributed by atoms with E-state index in [1.807, 2.05) is 24.3 Å². The Bertz CT molecular complexity index is 883. The van der Waals surface area contributed by atoms with Gasteiger partial charge in [-0.05, 0) is 12.1 Å². The number of rotatable bonds is 5. The van der Waals surface area contributed by atoms with Crippen molar-refractivity contribution in [1.82, 2.24) is 15.4 Å². The molecule has 2 aromatic carbocycles. The van der Waals surface area contributed by atoms with Gasteiger partial charge in [-0.15, -0.1) is 0 Å². The first-order chi connectivity index (χ1) is 11.6. The van der Waals surface area contributed by atoms with E-state index in [-0.39, 0.29) is 12.5 Å². The summed E-state index contributed by atoms with van der Waals surface area (Å²) in [5.74, 6) is 0.738. The van der Waals surface area contributed by atoms with Crippen molar-refractivity contribution >= 4 is 22.4 Å². The minimum Gasteiger partial charge on any atom is -0.438 e. The standard InChI is InChI=1S/C17H16N4O3/c1-11(22)21-23-9-12-8-17(20-10-19-12)24-16-7-6-15(18)13-4-2-3-5-14(13)16/h2-8,10H,9,18H2,1H3,(H,21,22). The second-order valence-electron chi connectivity index (χ2n) is 5.10. The SMILES string of the molecule is CC(=O)NOCc1cc(Oc2ccc(N)c3ccccc23)ncn1. The third kappa shape index (κ3) is 3.58. The number of nitrogen functional groups attached to an aromatic ring is 1. The van der Waals surface area contributed by atoms with Crippen LogP contribution < -0.4 is 16.0 Å². The van der Waals surface area contributed by atoms with Gasteiger partial charge in [0, 0.05) is 29.4 Å². The zero-order valence-corrected chi connectivity index (χ0v) is 13.0. The van der Waals surface area contributed by atoms with E-state index in [0.29, 0.717) is 23.0 Å². The number of hydrogen-bond acceptors (Lipinski definition) is 6. The maximum atomic E-state index is 10.8. The number of aromatic nitrogens is 2. The predicted molar refractivity (Wildman–Crippen MR) is 89.1 cm³/mol. The molecule has 0 aliphatic carbocycles. The van der Waals surface area contributed by atoms with Crippen LogP contribution in [0, 0.1) is 0 Å². The Hall–Kier alpha value is -3.19. The lowest BCUT2D eigenvalue weighted by molar-refractivity contribution is -0.132. The van der Waals surface area contributed by atoms with Gasteiger partial charge in [0.25, 0.3) is 0 Å². The molecule has 1 heterocycles. The van der Waals surface area contributed by atoms with Crippen LogP contribution in [-0.2, 0) is 16.2 Å². The molecule has 0 saturated carbocycles.